The van der Waals surface area contributed by atoms with Crippen molar-refractivity contribution in [1.29, 1.82) is 0 Å². The van der Waals surface area contributed by atoms with Gasteiger partial charge in [-0.25, -0.2) is 0 Å². The molecule has 3 heteroatoms. The van der Waals surface area contributed by atoms with E-state index in [-0.39, 0.29) is 12.0 Å². The van der Waals surface area contributed by atoms with Crippen LogP contribution in [0.3, 0.4) is 0 Å². The van der Waals surface area contributed by atoms with E-state index in [9.17, 15) is 9.90 Å². The molecule has 0 bridgehead atoms. The molecule has 2 N–H and O–H groups in total. The molecule has 1 amide bonds. The highest BCUT2D eigenvalue weighted by molar-refractivity contribution is 5.76. The Kier molecular flexibility index (Phi) is 5.70. The number of aliphatic hydroxyl groups excluding tert-OH is 1. The maximum Gasteiger partial charge on any atom is 0.220 e. The van der Waals surface area contributed by atoms with E-state index < -0.39 is 0 Å². The van der Waals surface area contributed by atoms with Crippen LogP contribution in [0.4, 0.5) is 0 Å². The summed E-state index contributed by atoms with van der Waals surface area (Å²) in [6.07, 6.45) is 9.06. The van der Waals surface area contributed by atoms with Crippen LogP contribution in [0.15, 0.2) is 0 Å². The maximum atomic E-state index is 12.2. The maximum absolute atomic E-state index is 12.2. The van der Waals surface area contributed by atoms with Crippen LogP contribution in [0.1, 0.15) is 78.6 Å². The molecule has 0 aromatic rings. The second kappa shape index (κ2) is 7.13. The van der Waals surface area contributed by atoms with Crippen LogP contribution in [0.2, 0.25) is 0 Å². The second-order valence-electron chi connectivity index (χ2n) is 8.36. The molecule has 0 spiro atoms. The van der Waals surface area contributed by atoms with Gasteiger partial charge in [0.25, 0.3) is 0 Å². The first-order valence-electron chi connectivity index (χ1n) is 8.82. The molecule has 0 aliphatic heterocycles. The smallest absolute Gasteiger partial charge is 0.220 e. The molecule has 3 nitrogen and oxygen atoms in total. The largest absolute Gasteiger partial charge is 0.393 e. The molecular weight excluding hydrogens is 262 g/mol. The quantitative estimate of drug-likeness (QED) is 0.835. The van der Waals surface area contributed by atoms with Gasteiger partial charge in [-0.15, -0.1) is 0 Å². The number of carbonyl (C=O) groups excluding carboxylic acids is 1. The molecule has 2 aliphatic carbocycles. The van der Waals surface area contributed by atoms with Crippen LogP contribution in [-0.2, 0) is 4.79 Å². The Morgan fingerprint density at radius 3 is 2.10 bits per heavy atom. The number of amides is 1. The summed E-state index contributed by atoms with van der Waals surface area (Å²) in [5.74, 6) is 1.63. The van der Waals surface area contributed by atoms with Gasteiger partial charge in [-0.2, -0.15) is 0 Å². The van der Waals surface area contributed by atoms with Crippen LogP contribution in [0.25, 0.3) is 0 Å². The first-order chi connectivity index (χ1) is 9.84. The standard InChI is InChI=1S/C18H33NO2/c1-18(2,3)14-6-4-13(5-7-14)12-17(21)19-15-8-10-16(20)11-9-15/h13-16,20H,4-12H2,1-3H3,(H,19,21). The fourth-order valence-corrected chi connectivity index (χ4v) is 4.00. The summed E-state index contributed by atoms with van der Waals surface area (Å²) < 4.78 is 0. The lowest BCUT2D eigenvalue weighted by atomic mass is 9.69. The van der Waals surface area contributed by atoms with Gasteiger partial charge in [0.1, 0.15) is 0 Å². The number of nitrogens with one attached hydrogen (secondary N) is 1. The van der Waals surface area contributed by atoms with Crippen LogP contribution in [-0.4, -0.2) is 23.2 Å². The van der Waals surface area contributed by atoms with Crippen molar-refractivity contribution in [2.75, 3.05) is 0 Å². The minimum atomic E-state index is -0.147. The predicted molar refractivity (Wildman–Crippen MR) is 85.9 cm³/mol. The Morgan fingerprint density at radius 2 is 1.57 bits per heavy atom. The van der Waals surface area contributed by atoms with Gasteiger partial charge in [-0.1, -0.05) is 20.8 Å². The van der Waals surface area contributed by atoms with Gasteiger partial charge in [-0.3, -0.25) is 4.79 Å². The van der Waals surface area contributed by atoms with E-state index in [1.54, 1.807) is 0 Å². The topological polar surface area (TPSA) is 49.3 Å². The summed E-state index contributed by atoms with van der Waals surface area (Å²) >= 11 is 0. The van der Waals surface area contributed by atoms with E-state index in [1.807, 2.05) is 0 Å². The van der Waals surface area contributed by atoms with Gasteiger partial charge in [-0.05, 0) is 68.6 Å². The van der Waals surface area contributed by atoms with E-state index in [1.165, 1.54) is 25.7 Å². The minimum absolute atomic E-state index is 0.147. The molecule has 0 aromatic carbocycles. The van der Waals surface area contributed by atoms with Crippen molar-refractivity contribution in [3.63, 3.8) is 0 Å². The van der Waals surface area contributed by atoms with Gasteiger partial charge >= 0.3 is 0 Å². The monoisotopic (exact) mass is 295 g/mol. The Labute approximate surface area is 129 Å². The van der Waals surface area contributed by atoms with Gasteiger partial charge in [0.05, 0.1) is 6.10 Å². The van der Waals surface area contributed by atoms with Crippen molar-refractivity contribution in [2.24, 2.45) is 17.3 Å². The SMILES string of the molecule is CC(C)(C)C1CCC(CC(=O)NC2CCC(O)CC2)CC1. The molecule has 0 heterocycles. The van der Waals surface area contributed by atoms with Gasteiger partial charge < -0.3 is 10.4 Å². The molecule has 0 saturated heterocycles. The lowest BCUT2D eigenvalue weighted by Gasteiger charge is -2.37. The summed E-state index contributed by atoms with van der Waals surface area (Å²) in [5, 5.41) is 12.7. The molecule has 122 valence electrons. The summed E-state index contributed by atoms with van der Waals surface area (Å²) in [4.78, 5) is 12.2. The molecule has 2 aliphatic rings. The third-order valence-corrected chi connectivity index (χ3v) is 5.61. The van der Waals surface area contributed by atoms with E-state index >= 15 is 0 Å². The van der Waals surface area contributed by atoms with Crippen LogP contribution < -0.4 is 5.32 Å². The number of hydrogen-bond donors (Lipinski definition) is 2. The van der Waals surface area contributed by atoms with Crippen LogP contribution >= 0.6 is 0 Å². The molecule has 2 rings (SSSR count). The van der Waals surface area contributed by atoms with E-state index in [0.29, 0.717) is 23.8 Å². The fourth-order valence-electron chi connectivity index (χ4n) is 4.00. The van der Waals surface area contributed by atoms with Crippen molar-refractivity contribution in [2.45, 2.75) is 90.7 Å². The lowest BCUT2D eigenvalue weighted by molar-refractivity contribution is -0.123. The normalized spacial score (nSPS) is 34.5. The first-order valence-corrected chi connectivity index (χ1v) is 8.82. The predicted octanol–water partition coefficient (Wildman–Crippen LogP) is 3.65. The van der Waals surface area contributed by atoms with Crippen molar-refractivity contribution in [3.05, 3.63) is 0 Å². The van der Waals surface area contributed by atoms with Crippen LogP contribution in [0.5, 0.6) is 0 Å². The molecular formula is C18H33NO2. The third-order valence-electron chi connectivity index (χ3n) is 5.61. The average Bonchev–Trinajstić information content (AvgIpc) is 2.41. The highest BCUT2D eigenvalue weighted by Crippen LogP contribution is 2.40. The molecule has 2 saturated carbocycles. The summed E-state index contributed by atoms with van der Waals surface area (Å²) in [6, 6.07) is 0.298. The Bertz CT molecular complexity index is 332. The van der Waals surface area contributed by atoms with E-state index in [4.69, 9.17) is 0 Å². The highest BCUT2D eigenvalue weighted by atomic mass is 16.3. The summed E-state index contributed by atoms with van der Waals surface area (Å²) in [5.41, 5.74) is 0.413. The molecule has 2 fully saturated rings. The van der Waals surface area contributed by atoms with Crippen molar-refractivity contribution >= 4 is 5.91 Å². The van der Waals surface area contributed by atoms with Crippen molar-refractivity contribution in [3.8, 4) is 0 Å². The molecule has 0 aromatic heterocycles. The van der Waals surface area contributed by atoms with Crippen molar-refractivity contribution in [1.82, 2.24) is 5.32 Å². The van der Waals surface area contributed by atoms with Gasteiger partial charge in [0.2, 0.25) is 5.91 Å². The van der Waals surface area contributed by atoms with Gasteiger partial charge in [0, 0.05) is 12.5 Å². The molecule has 21 heavy (non-hydrogen) atoms. The van der Waals surface area contributed by atoms with Gasteiger partial charge in [0.15, 0.2) is 0 Å². The van der Waals surface area contributed by atoms with E-state index in [0.717, 1.165) is 31.6 Å². The van der Waals surface area contributed by atoms with E-state index in [2.05, 4.69) is 26.1 Å². The number of carbonyl (C=O) groups is 1. The van der Waals surface area contributed by atoms with Crippen LogP contribution in [0, 0.1) is 17.3 Å². The zero-order valence-corrected chi connectivity index (χ0v) is 14.0. The zero-order valence-electron chi connectivity index (χ0n) is 14.0. The number of aliphatic hydroxyl groups is 1. The second-order valence-corrected chi connectivity index (χ2v) is 8.36. The lowest BCUT2D eigenvalue weighted by Crippen LogP contribution is -2.39. The molecule has 0 unspecified atom stereocenters. The summed E-state index contributed by atoms with van der Waals surface area (Å²) in [7, 11) is 0. The molecule has 0 radical (unpaired) electrons. The Hall–Kier alpha value is -0.570. The number of hydrogen-bond acceptors (Lipinski definition) is 2. The molecule has 0 atom stereocenters. The zero-order chi connectivity index (χ0) is 15.5. The average molecular weight is 295 g/mol. The third kappa shape index (κ3) is 5.28. The minimum Gasteiger partial charge on any atom is -0.393 e. The Morgan fingerprint density at radius 1 is 1.00 bits per heavy atom. The highest BCUT2D eigenvalue weighted by Gasteiger charge is 2.30. The number of rotatable bonds is 3. The summed E-state index contributed by atoms with van der Waals surface area (Å²) in [6.45, 7) is 7.01. The first kappa shape index (κ1) is 16.8. The van der Waals surface area contributed by atoms with Crippen molar-refractivity contribution < 1.29 is 9.90 Å². The Balaban J connectivity index is 1.67. The fraction of sp³-hybridized carbons (Fsp3) is 0.944.